The van der Waals surface area contributed by atoms with Crippen molar-refractivity contribution in [3.63, 3.8) is 0 Å². The van der Waals surface area contributed by atoms with Crippen molar-refractivity contribution in [2.24, 2.45) is 0 Å². The molecular weight excluding hydrogens is 258 g/mol. The van der Waals surface area contributed by atoms with Crippen molar-refractivity contribution in [3.8, 4) is 0 Å². The molecule has 0 radical (unpaired) electrons. The molecule has 0 aliphatic carbocycles. The molecule has 0 unspecified atom stereocenters. The van der Waals surface area contributed by atoms with E-state index in [1.165, 1.54) is 0 Å². The molecule has 2 N–H and O–H groups in total. The average molecular weight is 264 g/mol. The maximum Gasteiger partial charge on any atom is 2.00 e. The van der Waals surface area contributed by atoms with E-state index >= 15 is 0 Å². The van der Waals surface area contributed by atoms with Gasteiger partial charge in [-0.2, -0.15) is 0 Å². The van der Waals surface area contributed by atoms with Gasteiger partial charge in [0.15, 0.2) is 0 Å². The molecule has 0 aromatic rings. The first kappa shape index (κ1) is 13.7. The van der Waals surface area contributed by atoms with Gasteiger partial charge in [-0.05, 0) is 0 Å². The Morgan fingerprint density at radius 2 is 1.40 bits per heavy atom. The third-order valence-corrected chi connectivity index (χ3v) is 1.08. The van der Waals surface area contributed by atoms with Gasteiger partial charge in [0.05, 0.1) is 6.67 Å². The van der Waals surface area contributed by atoms with Crippen molar-refractivity contribution in [1.29, 1.82) is 0 Å². The summed E-state index contributed by atoms with van der Waals surface area (Å²) in [5.74, 6) is 0. The second-order valence-electron chi connectivity index (χ2n) is 1.14. The van der Waals surface area contributed by atoms with Crippen molar-refractivity contribution in [1.82, 2.24) is 10.6 Å². The van der Waals surface area contributed by atoms with Crippen LogP contribution in [-0.4, -0.2) is 15.3 Å². The molecule has 0 saturated carbocycles. The second kappa shape index (κ2) is 8.20. The largest absolute Gasteiger partial charge is 2.00 e. The number of thiocarbonyl (C=S) groups is 2. The van der Waals surface area contributed by atoms with Crippen molar-refractivity contribution >= 4 is 58.3 Å². The summed E-state index contributed by atoms with van der Waals surface area (Å²) in [6.07, 6.45) is 0. The summed E-state index contributed by atoms with van der Waals surface area (Å²) in [4.78, 5) is 0. The van der Waals surface area contributed by atoms with Crippen LogP contribution in [0.3, 0.4) is 0 Å². The second-order valence-corrected chi connectivity index (χ2v) is 3.46. The molecule has 2 nitrogen and oxygen atoms in total. The summed E-state index contributed by atoms with van der Waals surface area (Å²) in [5, 5.41) is 5.45. The summed E-state index contributed by atoms with van der Waals surface area (Å²) in [7, 11) is 0. The van der Waals surface area contributed by atoms with Gasteiger partial charge in [0, 0.05) is 0 Å². The van der Waals surface area contributed by atoms with Crippen LogP contribution in [0, 0.1) is 0 Å². The van der Waals surface area contributed by atoms with Crippen LogP contribution in [0.4, 0.5) is 0 Å². The van der Waals surface area contributed by atoms with Crippen molar-refractivity contribution in [2.45, 2.75) is 0 Å². The minimum atomic E-state index is 0. The van der Waals surface area contributed by atoms with Gasteiger partial charge < -0.3 is 10.6 Å². The molecule has 10 heavy (non-hydrogen) atoms. The zero-order valence-corrected chi connectivity index (χ0v) is 11.5. The molecule has 0 aliphatic heterocycles. The van der Waals surface area contributed by atoms with Crippen LogP contribution in [0.1, 0.15) is 0 Å². The molecular formula is C3H6N2S4Zn+2. The van der Waals surface area contributed by atoms with E-state index in [4.69, 9.17) is 0 Å². The van der Waals surface area contributed by atoms with Crippen LogP contribution >= 0.6 is 49.7 Å². The summed E-state index contributed by atoms with van der Waals surface area (Å²) in [5.41, 5.74) is 0. The van der Waals surface area contributed by atoms with E-state index in [2.05, 4.69) is 60.3 Å². The minimum absolute atomic E-state index is 0. The normalized spacial score (nSPS) is 7.40. The molecule has 0 amide bonds. The predicted octanol–water partition coefficient (Wildman–Crippen LogP) is 0.550. The van der Waals surface area contributed by atoms with Gasteiger partial charge in [-0.1, -0.05) is 24.4 Å². The van der Waals surface area contributed by atoms with Crippen LogP contribution in [0.25, 0.3) is 0 Å². The molecule has 0 spiro atoms. The molecule has 0 fully saturated rings. The van der Waals surface area contributed by atoms with Gasteiger partial charge in [-0.25, -0.2) is 0 Å². The van der Waals surface area contributed by atoms with Crippen LogP contribution in [-0.2, 0) is 19.5 Å². The smallest absolute Gasteiger partial charge is 0.354 e. The van der Waals surface area contributed by atoms with Gasteiger partial charge in [-0.3, -0.25) is 0 Å². The molecule has 0 aliphatic rings. The van der Waals surface area contributed by atoms with Gasteiger partial charge in [-0.15, -0.1) is 25.3 Å². The topological polar surface area (TPSA) is 24.1 Å². The molecule has 7 heteroatoms. The van der Waals surface area contributed by atoms with E-state index in [-0.39, 0.29) is 19.5 Å². The Balaban J connectivity index is 0. The van der Waals surface area contributed by atoms with Crippen LogP contribution in [0.2, 0.25) is 0 Å². The molecule has 52 valence electrons. The van der Waals surface area contributed by atoms with Gasteiger partial charge in [0.1, 0.15) is 8.64 Å². The number of thiol groups is 2. The van der Waals surface area contributed by atoms with E-state index in [9.17, 15) is 0 Å². The third kappa shape index (κ3) is 11.8. The molecule has 0 bridgehead atoms. The van der Waals surface area contributed by atoms with Gasteiger partial charge in [0.25, 0.3) is 0 Å². The van der Waals surface area contributed by atoms with E-state index in [0.717, 1.165) is 0 Å². The Morgan fingerprint density at radius 1 is 1.10 bits per heavy atom. The molecule has 0 rings (SSSR count). The van der Waals surface area contributed by atoms with Gasteiger partial charge in [0.2, 0.25) is 0 Å². The summed E-state index contributed by atoms with van der Waals surface area (Å²) in [6.45, 7) is 0.477. The quantitative estimate of drug-likeness (QED) is 0.253. The first-order chi connectivity index (χ1) is 4.13. The zero-order chi connectivity index (χ0) is 7.28. The van der Waals surface area contributed by atoms with Crippen molar-refractivity contribution in [3.05, 3.63) is 0 Å². The molecule has 0 heterocycles. The first-order valence-corrected chi connectivity index (χ1v) is 3.77. The zero-order valence-electron chi connectivity index (χ0n) is 5.13. The standard InChI is InChI=1S/C3H6N2S4.Zn/c6-2(7)4-1-5-3(8)9;/h1H2,(H2,4,6,7)(H2,5,8,9);/q;+2. The Labute approximate surface area is 94.5 Å². The number of rotatable bonds is 2. The Bertz CT molecular complexity index is 114. The fraction of sp³-hybridized carbons (Fsp3) is 0.333. The van der Waals surface area contributed by atoms with E-state index in [0.29, 0.717) is 15.3 Å². The molecule has 0 atom stereocenters. The van der Waals surface area contributed by atoms with Crippen LogP contribution in [0.5, 0.6) is 0 Å². The SMILES string of the molecule is S=C(S)NCNC(=S)S.[Zn+2]. The molecule has 0 aromatic heterocycles. The van der Waals surface area contributed by atoms with Crippen LogP contribution < -0.4 is 10.6 Å². The first-order valence-electron chi connectivity index (χ1n) is 2.06. The number of hydrogen-bond donors (Lipinski definition) is 4. The number of nitrogens with one attached hydrogen (secondary N) is 2. The van der Waals surface area contributed by atoms with Crippen LogP contribution in [0.15, 0.2) is 0 Å². The Morgan fingerprint density at radius 3 is 1.60 bits per heavy atom. The summed E-state index contributed by atoms with van der Waals surface area (Å²) < 4.78 is 0.874. The Hall–Kier alpha value is 1.10. The monoisotopic (exact) mass is 262 g/mol. The fourth-order valence-corrected chi connectivity index (χ4v) is 0.498. The van der Waals surface area contributed by atoms with E-state index in [1.54, 1.807) is 0 Å². The maximum absolute atomic E-state index is 4.59. The molecule has 0 aromatic carbocycles. The Kier molecular flexibility index (Phi) is 11.2. The van der Waals surface area contributed by atoms with Crippen molar-refractivity contribution < 1.29 is 19.5 Å². The van der Waals surface area contributed by atoms with Crippen molar-refractivity contribution in [2.75, 3.05) is 6.67 Å². The predicted molar refractivity (Wildman–Crippen MR) is 54.3 cm³/mol. The van der Waals surface area contributed by atoms with E-state index in [1.807, 2.05) is 0 Å². The average Bonchev–Trinajstić information content (AvgIpc) is 1.63. The summed E-state index contributed by atoms with van der Waals surface area (Å²) >= 11 is 16.8. The fourth-order valence-electron chi connectivity index (χ4n) is 0.195. The molecule has 0 saturated heterocycles. The van der Waals surface area contributed by atoms with E-state index < -0.39 is 0 Å². The minimum Gasteiger partial charge on any atom is -0.354 e. The van der Waals surface area contributed by atoms with Gasteiger partial charge >= 0.3 is 19.5 Å². The number of hydrogen-bond acceptors (Lipinski definition) is 2. The third-order valence-electron chi connectivity index (χ3n) is 0.479. The maximum atomic E-state index is 4.59. The summed E-state index contributed by atoms with van der Waals surface area (Å²) in [6, 6.07) is 0.